The van der Waals surface area contributed by atoms with Crippen molar-refractivity contribution in [3.63, 3.8) is 0 Å². The monoisotopic (exact) mass is 236 g/mol. The summed E-state index contributed by atoms with van der Waals surface area (Å²) in [6.45, 7) is 5.20. The first-order valence-electron chi connectivity index (χ1n) is 5.17. The normalized spacial score (nSPS) is 13.8. The molecule has 0 radical (unpaired) electrons. The first-order chi connectivity index (χ1) is 8.04. The van der Waals surface area contributed by atoms with E-state index < -0.39 is 11.6 Å². The van der Waals surface area contributed by atoms with Crippen molar-refractivity contribution in [1.82, 2.24) is 0 Å². The molecular weight excluding hydrogens is 220 g/mol. The van der Waals surface area contributed by atoms with Gasteiger partial charge in [0.05, 0.1) is 13.7 Å². The second-order valence-corrected chi connectivity index (χ2v) is 3.67. The Bertz CT molecular complexity index is 396. The van der Waals surface area contributed by atoms with E-state index in [4.69, 9.17) is 9.47 Å². The van der Waals surface area contributed by atoms with Gasteiger partial charge in [-0.15, -0.1) is 6.58 Å². The Morgan fingerprint density at radius 1 is 1.47 bits per heavy atom. The minimum Gasteiger partial charge on any atom is -0.497 e. The van der Waals surface area contributed by atoms with E-state index in [1.807, 2.05) is 0 Å². The Morgan fingerprint density at radius 2 is 2.06 bits per heavy atom. The molecule has 0 spiro atoms. The van der Waals surface area contributed by atoms with Crippen molar-refractivity contribution < 1.29 is 19.4 Å². The molecule has 0 aliphatic heterocycles. The molecule has 0 saturated heterocycles. The number of hydrogen-bond donors (Lipinski definition) is 1. The lowest BCUT2D eigenvalue weighted by Crippen LogP contribution is -2.35. The van der Waals surface area contributed by atoms with Crippen LogP contribution >= 0.6 is 0 Å². The van der Waals surface area contributed by atoms with Crippen LogP contribution in [-0.2, 0) is 15.1 Å². The smallest absolute Gasteiger partial charge is 0.340 e. The average Bonchev–Trinajstić information content (AvgIpc) is 2.35. The molecule has 1 aromatic rings. The molecular formula is C13H16O4. The van der Waals surface area contributed by atoms with Crippen molar-refractivity contribution in [2.45, 2.75) is 12.5 Å². The summed E-state index contributed by atoms with van der Waals surface area (Å²) in [4.78, 5) is 11.3. The van der Waals surface area contributed by atoms with Crippen LogP contribution in [0.15, 0.2) is 36.9 Å². The van der Waals surface area contributed by atoms with Crippen LogP contribution in [0.5, 0.6) is 5.75 Å². The standard InChI is InChI=1S/C13H16O4/c1-4-9-17-13(2,12(14)15)10-5-7-11(16-3)8-6-10/h4-8H,1,9H2,2-3H3,(H,14,15). The lowest BCUT2D eigenvalue weighted by atomic mass is 9.96. The zero-order valence-electron chi connectivity index (χ0n) is 9.97. The number of ether oxygens (including phenoxy) is 2. The van der Waals surface area contributed by atoms with Crippen LogP contribution in [-0.4, -0.2) is 24.8 Å². The maximum Gasteiger partial charge on any atom is 0.340 e. The zero-order chi connectivity index (χ0) is 12.9. The van der Waals surface area contributed by atoms with Gasteiger partial charge in [-0.05, 0) is 24.6 Å². The fraction of sp³-hybridized carbons (Fsp3) is 0.308. The van der Waals surface area contributed by atoms with Crippen LogP contribution in [0, 0.1) is 0 Å². The van der Waals surface area contributed by atoms with Gasteiger partial charge in [0.1, 0.15) is 5.75 Å². The molecule has 92 valence electrons. The summed E-state index contributed by atoms with van der Waals surface area (Å²) in [5.74, 6) is -0.366. The van der Waals surface area contributed by atoms with E-state index in [0.717, 1.165) is 0 Å². The number of carboxylic acid groups (broad SMARTS) is 1. The number of rotatable bonds is 6. The SMILES string of the molecule is C=CCOC(C)(C(=O)O)c1ccc(OC)cc1. The second-order valence-electron chi connectivity index (χ2n) is 3.67. The maximum absolute atomic E-state index is 11.3. The molecule has 0 heterocycles. The number of carboxylic acids is 1. The van der Waals surface area contributed by atoms with E-state index in [2.05, 4.69) is 6.58 Å². The van der Waals surface area contributed by atoms with E-state index in [9.17, 15) is 9.90 Å². The molecule has 1 N–H and O–H groups in total. The number of aliphatic carboxylic acids is 1. The van der Waals surface area contributed by atoms with E-state index in [-0.39, 0.29) is 6.61 Å². The Balaban J connectivity index is 3.04. The molecule has 0 aliphatic carbocycles. The fourth-order valence-corrected chi connectivity index (χ4v) is 1.40. The number of methoxy groups -OCH3 is 1. The summed E-state index contributed by atoms with van der Waals surface area (Å²) in [7, 11) is 1.56. The highest BCUT2D eigenvalue weighted by atomic mass is 16.5. The largest absolute Gasteiger partial charge is 0.497 e. The predicted octanol–water partition coefficient (Wildman–Crippen LogP) is 2.20. The van der Waals surface area contributed by atoms with Crippen LogP contribution in [0.4, 0.5) is 0 Å². The van der Waals surface area contributed by atoms with Gasteiger partial charge in [-0.3, -0.25) is 0 Å². The van der Waals surface area contributed by atoms with Crippen LogP contribution in [0.3, 0.4) is 0 Å². The molecule has 1 rings (SSSR count). The maximum atomic E-state index is 11.3. The summed E-state index contributed by atoms with van der Waals surface area (Å²) in [5.41, 5.74) is -0.812. The second kappa shape index (κ2) is 5.50. The highest BCUT2D eigenvalue weighted by Crippen LogP contribution is 2.27. The van der Waals surface area contributed by atoms with Gasteiger partial charge in [0.2, 0.25) is 0 Å². The Morgan fingerprint density at radius 3 is 2.47 bits per heavy atom. The van der Waals surface area contributed by atoms with E-state index in [1.165, 1.54) is 13.0 Å². The van der Waals surface area contributed by atoms with Gasteiger partial charge >= 0.3 is 5.97 Å². The summed E-state index contributed by atoms with van der Waals surface area (Å²) in [6, 6.07) is 6.76. The van der Waals surface area contributed by atoms with Gasteiger partial charge in [0.25, 0.3) is 0 Å². The van der Waals surface area contributed by atoms with Crippen molar-refractivity contribution in [2.75, 3.05) is 13.7 Å². The van der Waals surface area contributed by atoms with Gasteiger partial charge in [0, 0.05) is 0 Å². The lowest BCUT2D eigenvalue weighted by Gasteiger charge is -2.25. The summed E-state index contributed by atoms with van der Waals surface area (Å²) in [6.07, 6.45) is 1.52. The molecule has 0 aromatic heterocycles. The lowest BCUT2D eigenvalue weighted by molar-refractivity contribution is -0.163. The highest BCUT2D eigenvalue weighted by Gasteiger charge is 2.36. The third-order valence-electron chi connectivity index (χ3n) is 2.54. The van der Waals surface area contributed by atoms with Crippen LogP contribution in [0.25, 0.3) is 0 Å². The fourth-order valence-electron chi connectivity index (χ4n) is 1.40. The van der Waals surface area contributed by atoms with E-state index in [0.29, 0.717) is 11.3 Å². The zero-order valence-corrected chi connectivity index (χ0v) is 9.97. The Labute approximate surface area is 100 Å². The molecule has 0 saturated carbocycles. The highest BCUT2D eigenvalue weighted by molar-refractivity contribution is 5.79. The summed E-state index contributed by atoms with van der Waals surface area (Å²) in [5, 5.41) is 9.25. The van der Waals surface area contributed by atoms with E-state index >= 15 is 0 Å². The van der Waals surface area contributed by atoms with Crippen molar-refractivity contribution in [1.29, 1.82) is 0 Å². The average molecular weight is 236 g/mol. The third kappa shape index (κ3) is 2.85. The first kappa shape index (κ1) is 13.3. The number of hydrogen-bond acceptors (Lipinski definition) is 3. The number of carbonyl (C=O) groups is 1. The van der Waals surface area contributed by atoms with Crippen molar-refractivity contribution >= 4 is 5.97 Å². The van der Waals surface area contributed by atoms with E-state index in [1.54, 1.807) is 31.4 Å². The van der Waals surface area contributed by atoms with Gasteiger partial charge in [-0.1, -0.05) is 18.2 Å². The molecule has 0 bridgehead atoms. The quantitative estimate of drug-likeness (QED) is 0.769. The topological polar surface area (TPSA) is 55.8 Å². The van der Waals surface area contributed by atoms with Gasteiger partial charge in [-0.2, -0.15) is 0 Å². The molecule has 4 nitrogen and oxygen atoms in total. The molecule has 0 fully saturated rings. The molecule has 0 amide bonds. The molecule has 4 heteroatoms. The molecule has 0 aliphatic rings. The predicted molar refractivity (Wildman–Crippen MR) is 64.1 cm³/mol. The van der Waals surface area contributed by atoms with Gasteiger partial charge in [0.15, 0.2) is 5.60 Å². The third-order valence-corrected chi connectivity index (χ3v) is 2.54. The Hall–Kier alpha value is -1.81. The molecule has 1 atom stereocenters. The first-order valence-corrected chi connectivity index (χ1v) is 5.17. The summed E-state index contributed by atoms with van der Waals surface area (Å²) < 4.78 is 10.4. The van der Waals surface area contributed by atoms with Crippen molar-refractivity contribution in [3.8, 4) is 5.75 Å². The molecule has 1 aromatic carbocycles. The van der Waals surface area contributed by atoms with Gasteiger partial charge < -0.3 is 14.6 Å². The van der Waals surface area contributed by atoms with Gasteiger partial charge in [-0.25, -0.2) is 4.79 Å². The minimum atomic E-state index is -1.37. The van der Waals surface area contributed by atoms with Crippen LogP contribution in [0.1, 0.15) is 12.5 Å². The number of benzene rings is 1. The molecule has 17 heavy (non-hydrogen) atoms. The van der Waals surface area contributed by atoms with Crippen molar-refractivity contribution in [2.24, 2.45) is 0 Å². The summed E-state index contributed by atoms with van der Waals surface area (Å²) >= 11 is 0. The van der Waals surface area contributed by atoms with Crippen LogP contribution < -0.4 is 4.74 Å². The minimum absolute atomic E-state index is 0.175. The Kier molecular flexibility index (Phi) is 4.29. The van der Waals surface area contributed by atoms with Crippen molar-refractivity contribution in [3.05, 3.63) is 42.5 Å². The van der Waals surface area contributed by atoms with Crippen LogP contribution in [0.2, 0.25) is 0 Å². The molecule has 1 unspecified atom stereocenters.